The monoisotopic (exact) mass is 254 g/mol. The summed E-state index contributed by atoms with van der Waals surface area (Å²) in [5, 5.41) is 3.74. The molecule has 18 heavy (non-hydrogen) atoms. The minimum Gasteiger partial charge on any atom is -0.368 e. The summed E-state index contributed by atoms with van der Waals surface area (Å²) in [5.41, 5.74) is -0.0354. The predicted molar refractivity (Wildman–Crippen MR) is 75.9 cm³/mol. The van der Waals surface area contributed by atoms with E-state index in [0.717, 1.165) is 13.0 Å². The third-order valence-corrected chi connectivity index (χ3v) is 4.50. The molecule has 0 aliphatic carbocycles. The lowest BCUT2D eigenvalue weighted by atomic mass is 9.94. The quantitative estimate of drug-likeness (QED) is 0.834. The van der Waals surface area contributed by atoms with E-state index in [0.29, 0.717) is 12.1 Å². The van der Waals surface area contributed by atoms with Gasteiger partial charge >= 0.3 is 0 Å². The summed E-state index contributed by atoms with van der Waals surface area (Å²) in [4.78, 5) is 2.60. The van der Waals surface area contributed by atoms with Crippen LogP contribution in [0.1, 0.15) is 53.9 Å². The van der Waals surface area contributed by atoms with E-state index in [4.69, 9.17) is 4.74 Å². The van der Waals surface area contributed by atoms with Gasteiger partial charge in [0, 0.05) is 18.6 Å². The van der Waals surface area contributed by atoms with Crippen LogP contribution < -0.4 is 5.32 Å². The first-order chi connectivity index (χ1) is 8.30. The van der Waals surface area contributed by atoms with Crippen molar-refractivity contribution in [2.45, 2.75) is 77.2 Å². The van der Waals surface area contributed by atoms with Crippen LogP contribution in [0.15, 0.2) is 0 Å². The highest BCUT2D eigenvalue weighted by Gasteiger charge is 2.45. The summed E-state index contributed by atoms with van der Waals surface area (Å²) in [5.74, 6) is 0. The third-order valence-electron chi connectivity index (χ3n) is 4.50. The molecule has 2 aliphatic rings. The molecule has 2 unspecified atom stereocenters. The van der Waals surface area contributed by atoms with Gasteiger partial charge in [0.2, 0.25) is 0 Å². The van der Waals surface area contributed by atoms with Crippen LogP contribution in [0.4, 0.5) is 0 Å². The molecule has 0 aromatic carbocycles. The lowest BCUT2D eigenvalue weighted by Crippen LogP contribution is -2.48. The van der Waals surface area contributed by atoms with E-state index in [9.17, 15) is 0 Å². The average Bonchev–Trinajstić information content (AvgIpc) is 2.80. The summed E-state index contributed by atoms with van der Waals surface area (Å²) < 4.78 is 6.13. The first kappa shape index (κ1) is 14.3. The molecule has 2 atom stereocenters. The van der Waals surface area contributed by atoms with Crippen LogP contribution in [0.25, 0.3) is 0 Å². The Bertz CT molecular complexity index is 282. The largest absolute Gasteiger partial charge is 0.368 e. The normalized spacial score (nSPS) is 32.8. The van der Waals surface area contributed by atoms with E-state index in [-0.39, 0.29) is 11.2 Å². The van der Waals surface area contributed by atoms with Gasteiger partial charge in [-0.3, -0.25) is 4.90 Å². The van der Waals surface area contributed by atoms with Crippen molar-refractivity contribution in [3.63, 3.8) is 0 Å². The summed E-state index contributed by atoms with van der Waals surface area (Å²) in [6, 6.07) is 1.12. The van der Waals surface area contributed by atoms with E-state index >= 15 is 0 Å². The number of hydrogen-bond acceptors (Lipinski definition) is 3. The molecule has 0 saturated carbocycles. The third kappa shape index (κ3) is 3.25. The second kappa shape index (κ2) is 5.10. The molecule has 0 amide bonds. The van der Waals surface area contributed by atoms with Gasteiger partial charge < -0.3 is 10.1 Å². The van der Waals surface area contributed by atoms with Crippen molar-refractivity contribution in [2.24, 2.45) is 0 Å². The van der Waals surface area contributed by atoms with Gasteiger partial charge in [-0.1, -0.05) is 0 Å². The maximum Gasteiger partial charge on any atom is 0.0787 e. The fourth-order valence-corrected chi connectivity index (χ4v) is 3.50. The van der Waals surface area contributed by atoms with Crippen LogP contribution in [0.3, 0.4) is 0 Å². The minimum absolute atomic E-state index is 0.0120. The van der Waals surface area contributed by atoms with Crippen molar-refractivity contribution in [2.75, 3.05) is 19.6 Å². The van der Waals surface area contributed by atoms with Crippen LogP contribution in [0.5, 0.6) is 0 Å². The summed E-state index contributed by atoms with van der Waals surface area (Å²) in [7, 11) is 0. The Morgan fingerprint density at radius 2 is 1.83 bits per heavy atom. The Balaban J connectivity index is 1.82. The van der Waals surface area contributed by atoms with Gasteiger partial charge in [0.1, 0.15) is 0 Å². The molecular formula is C15H30N2O. The highest BCUT2D eigenvalue weighted by Crippen LogP contribution is 2.37. The summed E-state index contributed by atoms with van der Waals surface area (Å²) in [6.45, 7) is 14.8. The van der Waals surface area contributed by atoms with Gasteiger partial charge in [0.15, 0.2) is 0 Å². The number of hydrogen-bond donors (Lipinski definition) is 1. The summed E-state index contributed by atoms with van der Waals surface area (Å²) in [6.07, 6.45) is 3.84. The molecule has 106 valence electrons. The second-order valence-electron chi connectivity index (χ2n) is 7.22. The minimum atomic E-state index is -0.0474. The van der Waals surface area contributed by atoms with E-state index in [2.05, 4.69) is 44.8 Å². The highest BCUT2D eigenvalue weighted by molar-refractivity contribution is 4.99. The van der Waals surface area contributed by atoms with Crippen molar-refractivity contribution in [1.82, 2.24) is 10.2 Å². The number of likely N-dealkylation sites (tertiary alicyclic amines) is 1. The Labute approximate surface area is 112 Å². The van der Waals surface area contributed by atoms with Crippen molar-refractivity contribution in [3.8, 4) is 0 Å². The molecule has 0 spiro atoms. The zero-order chi connectivity index (χ0) is 13.4. The van der Waals surface area contributed by atoms with Gasteiger partial charge in [0.25, 0.3) is 0 Å². The molecule has 0 aromatic rings. The molecule has 3 nitrogen and oxygen atoms in total. The van der Waals surface area contributed by atoms with E-state index < -0.39 is 0 Å². The zero-order valence-electron chi connectivity index (χ0n) is 12.8. The van der Waals surface area contributed by atoms with Crippen molar-refractivity contribution in [1.29, 1.82) is 0 Å². The molecule has 1 N–H and O–H groups in total. The molecule has 2 saturated heterocycles. The Morgan fingerprint density at radius 1 is 1.22 bits per heavy atom. The number of ether oxygens (including phenoxy) is 1. The van der Waals surface area contributed by atoms with Crippen LogP contribution in [-0.2, 0) is 4.74 Å². The highest BCUT2D eigenvalue weighted by atomic mass is 16.5. The van der Waals surface area contributed by atoms with E-state index in [1.807, 2.05) is 0 Å². The predicted octanol–water partition coefficient (Wildman–Crippen LogP) is 2.41. The van der Waals surface area contributed by atoms with Crippen LogP contribution >= 0.6 is 0 Å². The summed E-state index contributed by atoms with van der Waals surface area (Å²) >= 11 is 0. The molecule has 2 rings (SSSR count). The van der Waals surface area contributed by atoms with Gasteiger partial charge in [0.05, 0.1) is 11.2 Å². The first-order valence-corrected chi connectivity index (χ1v) is 7.48. The Hall–Kier alpha value is -0.120. The molecule has 2 heterocycles. The lowest BCUT2D eigenvalue weighted by Gasteiger charge is -2.30. The number of nitrogens with zero attached hydrogens (tertiary/aromatic N) is 1. The lowest BCUT2D eigenvalue weighted by molar-refractivity contribution is -0.0700. The van der Waals surface area contributed by atoms with Crippen LogP contribution in [-0.4, -0.2) is 47.8 Å². The fraction of sp³-hybridized carbons (Fsp3) is 1.00. The molecule has 2 aliphatic heterocycles. The SMILES string of the molecule is CC(CNC1CC(C)(C)OC1(C)C)N1CCCC1. The van der Waals surface area contributed by atoms with Crippen molar-refractivity contribution >= 4 is 0 Å². The maximum absolute atomic E-state index is 6.13. The molecule has 2 fully saturated rings. The Morgan fingerprint density at radius 3 is 2.33 bits per heavy atom. The van der Waals surface area contributed by atoms with Gasteiger partial charge in [-0.15, -0.1) is 0 Å². The van der Waals surface area contributed by atoms with E-state index in [1.54, 1.807) is 0 Å². The van der Waals surface area contributed by atoms with E-state index in [1.165, 1.54) is 25.9 Å². The molecule has 3 heteroatoms. The standard InChI is InChI=1S/C15H30N2O/c1-12(17-8-6-7-9-17)11-16-13-10-14(2,3)18-15(13,4)5/h12-13,16H,6-11H2,1-5H3. The van der Waals surface area contributed by atoms with Gasteiger partial charge in [-0.05, 0) is 67.0 Å². The number of rotatable bonds is 4. The topological polar surface area (TPSA) is 24.5 Å². The number of nitrogens with one attached hydrogen (secondary N) is 1. The zero-order valence-corrected chi connectivity index (χ0v) is 12.8. The van der Waals surface area contributed by atoms with Crippen LogP contribution in [0, 0.1) is 0 Å². The van der Waals surface area contributed by atoms with Crippen molar-refractivity contribution < 1.29 is 4.74 Å². The molecule has 0 aromatic heterocycles. The first-order valence-electron chi connectivity index (χ1n) is 7.48. The Kier molecular flexibility index (Phi) is 4.05. The second-order valence-corrected chi connectivity index (χ2v) is 7.22. The average molecular weight is 254 g/mol. The molecule has 0 bridgehead atoms. The van der Waals surface area contributed by atoms with Gasteiger partial charge in [-0.25, -0.2) is 0 Å². The smallest absolute Gasteiger partial charge is 0.0787 e. The van der Waals surface area contributed by atoms with Crippen molar-refractivity contribution in [3.05, 3.63) is 0 Å². The molecular weight excluding hydrogens is 224 g/mol. The van der Waals surface area contributed by atoms with Gasteiger partial charge in [-0.2, -0.15) is 0 Å². The maximum atomic E-state index is 6.13. The van der Waals surface area contributed by atoms with Crippen LogP contribution in [0.2, 0.25) is 0 Å². The molecule has 0 radical (unpaired) electrons. The fourth-order valence-electron chi connectivity index (χ4n) is 3.50.